The second-order valence-corrected chi connectivity index (χ2v) is 21.3. The van der Waals surface area contributed by atoms with E-state index >= 15 is 0 Å². The first-order chi connectivity index (χ1) is 9.10. The number of unbranched alkanes of at least 4 members (excludes halogenated alkanes) is 3. The molecule has 0 aromatic carbocycles. The molecule has 0 aromatic heterocycles. The summed E-state index contributed by atoms with van der Waals surface area (Å²) in [5.74, 6) is 0. The third kappa shape index (κ3) is 6.05. The molecule has 1 unspecified atom stereocenters. The van der Waals surface area contributed by atoms with Crippen LogP contribution in [-0.2, 0) is 0 Å². The first-order valence-corrected chi connectivity index (χ1v) is 16.5. The van der Waals surface area contributed by atoms with Gasteiger partial charge in [0.1, 0.15) is 6.69 Å². The molecule has 1 heterocycles. The Hall–Kier alpha value is 0.914. The number of hydrogen-bond donors (Lipinski definition) is 0. The lowest BCUT2D eigenvalue weighted by molar-refractivity contribution is 0.797. The lowest BCUT2D eigenvalue weighted by Crippen LogP contribution is -2.47. The zero-order valence-corrected chi connectivity index (χ0v) is 17.2. The molecule has 1 aliphatic rings. The number of hydrogen-bond acceptors (Lipinski definition) is 0. The average Bonchev–Trinajstić information content (AvgIpc) is 2.41. The van der Waals surface area contributed by atoms with Gasteiger partial charge in [0.2, 0.25) is 0 Å². The van der Waals surface area contributed by atoms with Gasteiger partial charge in [-0.3, -0.25) is 0 Å². The van der Waals surface area contributed by atoms with Gasteiger partial charge in [0.25, 0.3) is 0 Å². The van der Waals surface area contributed by atoms with Crippen molar-refractivity contribution in [3.05, 3.63) is 0 Å². The molecule has 0 amide bonds. The van der Waals surface area contributed by atoms with E-state index in [1.807, 2.05) is 0 Å². The Kier molecular flexibility index (Phi) is 8.55. The normalized spacial score (nSPS) is 26.5. The summed E-state index contributed by atoms with van der Waals surface area (Å²) >= 11 is 4.33. The van der Waals surface area contributed by atoms with Gasteiger partial charge < -0.3 is 0 Å². The van der Waals surface area contributed by atoms with Crippen molar-refractivity contribution in [2.75, 3.05) is 0 Å². The molecule has 0 N–H and O–H groups in total. The minimum absolute atomic E-state index is 0.895. The topological polar surface area (TPSA) is 0 Å². The molecular formula is C16H35BrSi2. The molecule has 0 aromatic rings. The van der Waals surface area contributed by atoms with Crippen molar-refractivity contribution >= 4 is 30.1 Å². The van der Waals surface area contributed by atoms with E-state index in [2.05, 4.69) is 36.1 Å². The highest BCUT2D eigenvalue weighted by Gasteiger charge is 2.44. The van der Waals surface area contributed by atoms with Gasteiger partial charge >= 0.3 is 0 Å². The fraction of sp³-hybridized carbons (Fsp3) is 1.00. The van der Waals surface area contributed by atoms with Crippen LogP contribution in [0.2, 0.25) is 35.9 Å². The van der Waals surface area contributed by atoms with E-state index in [0.29, 0.717) is 0 Å². The molecule has 0 nitrogen and oxygen atoms in total. The second kappa shape index (κ2) is 9.04. The molecule has 1 rings (SSSR count). The zero-order valence-electron chi connectivity index (χ0n) is 13.6. The van der Waals surface area contributed by atoms with Gasteiger partial charge in [-0.2, -0.15) is 0 Å². The molecular weight excluding hydrogens is 328 g/mol. The first-order valence-electron chi connectivity index (χ1n) is 8.79. The highest BCUT2D eigenvalue weighted by Crippen LogP contribution is 2.46. The van der Waals surface area contributed by atoms with Gasteiger partial charge in [-0.15, -0.1) is 15.3 Å². The fourth-order valence-electron chi connectivity index (χ4n) is 3.99. The van der Waals surface area contributed by atoms with Crippen molar-refractivity contribution in [3.8, 4) is 0 Å². The summed E-state index contributed by atoms with van der Waals surface area (Å²) < 4.78 is 0. The Morgan fingerprint density at radius 2 is 1.32 bits per heavy atom. The number of rotatable bonds is 9. The molecule has 1 saturated heterocycles. The van der Waals surface area contributed by atoms with Crippen molar-refractivity contribution in [2.45, 2.75) is 102 Å². The standard InChI is InChI=1S/C16H35BrSi2/c1-4-7-11-18(12-8-5-2)13-10-15-19(17,16-18)14-9-6-3/h4-16H2,1-3H3. The molecule has 1 atom stereocenters. The Morgan fingerprint density at radius 1 is 0.789 bits per heavy atom. The minimum atomic E-state index is -1.02. The maximum Gasteiger partial charge on any atom is 0.127 e. The van der Waals surface area contributed by atoms with Gasteiger partial charge in [-0.25, -0.2) is 0 Å². The Labute approximate surface area is 131 Å². The van der Waals surface area contributed by atoms with Crippen LogP contribution in [0, 0.1) is 0 Å². The van der Waals surface area contributed by atoms with Crippen LogP contribution in [0.25, 0.3) is 0 Å². The van der Waals surface area contributed by atoms with Crippen LogP contribution in [0.4, 0.5) is 0 Å². The van der Waals surface area contributed by atoms with E-state index in [1.54, 1.807) is 42.3 Å². The van der Waals surface area contributed by atoms with Crippen LogP contribution in [0.15, 0.2) is 0 Å². The van der Waals surface area contributed by atoms with Crippen molar-refractivity contribution < 1.29 is 0 Å². The molecule has 0 bridgehead atoms. The van der Waals surface area contributed by atoms with Crippen LogP contribution >= 0.6 is 15.3 Å². The molecule has 0 radical (unpaired) electrons. The largest absolute Gasteiger partial charge is 0.127 e. The summed E-state index contributed by atoms with van der Waals surface area (Å²) in [4.78, 5) is 0. The number of halogens is 1. The average molecular weight is 364 g/mol. The molecule has 0 saturated carbocycles. The molecule has 3 heteroatoms. The predicted molar refractivity (Wildman–Crippen MR) is 98.6 cm³/mol. The lowest BCUT2D eigenvalue weighted by Gasteiger charge is -2.43. The Bertz CT molecular complexity index is 237. The van der Waals surface area contributed by atoms with E-state index in [1.165, 1.54) is 38.5 Å². The molecule has 0 spiro atoms. The Balaban J connectivity index is 2.66. The van der Waals surface area contributed by atoms with Crippen LogP contribution in [0.3, 0.4) is 0 Å². The van der Waals surface area contributed by atoms with Gasteiger partial charge in [-0.1, -0.05) is 89.5 Å². The molecule has 0 aliphatic carbocycles. The SMILES string of the molecule is CCCC[Si]1(Br)CCC[Si](CCCC)(CCCC)C1. The minimum Gasteiger partial charge on any atom is -0.126 e. The zero-order chi connectivity index (χ0) is 14.2. The molecule has 19 heavy (non-hydrogen) atoms. The third-order valence-electron chi connectivity index (χ3n) is 5.12. The lowest BCUT2D eigenvalue weighted by atomic mass is 10.4. The quantitative estimate of drug-likeness (QED) is 0.302. The van der Waals surface area contributed by atoms with Crippen molar-refractivity contribution in [3.63, 3.8) is 0 Å². The summed E-state index contributed by atoms with van der Waals surface area (Å²) in [6.45, 7) is 6.09. The van der Waals surface area contributed by atoms with Crippen molar-refractivity contribution in [1.29, 1.82) is 0 Å². The second-order valence-electron chi connectivity index (χ2n) is 6.99. The van der Waals surface area contributed by atoms with Crippen LogP contribution < -0.4 is 0 Å². The molecule has 1 aliphatic heterocycles. The maximum atomic E-state index is 4.33. The summed E-state index contributed by atoms with van der Waals surface area (Å²) in [5, 5.41) is 0. The van der Waals surface area contributed by atoms with Gasteiger partial charge in [0.15, 0.2) is 0 Å². The summed E-state index contributed by atoms with van der Waals surface area (Å²) in [6, 6.07) is 8.11. The van der Waals surface area contributed by atoms with E-state index < -0.39 is 14.8 Å². The van der Waals surface area contributed by atoms with Gasteiger partial charge in [0.05, 0.1) is 8.07 Å². The Morgan fingerprint density at radius 3 is 1.84 bits per heavy atom. The highest BCUT2D eigenvalue weighted by molar-refractivity contribution is 9.26. The van der Waals surface area contributed by atoms with Gasteiger partial charge in [0, 0.05) is 0 Å². The maximum absolute atomic E-state index is 4.33. The van der Waals surface area contributed by atoms with Crippen LogP contribution in [0.1, 0.15) is 65.7 Å². The fourth-order valence-corrected chi connectivity index (χ4v) is 26.2. The smallest absolute Gasteiger partial charge is 0.126 e. The summed E-state index contributed by atoms with van der Waals surface area (Å²) in [5.41, 5.74) is 1.72. The first kappa shape index (κ1) is 18.0. The third-order valence-corrected chi connectivity index (χ3v) is 22.3. The van der Waals surface area contributed by atoms with Gasteiger partial charge in [-0.05, 0) is 12.1 Å². The summed E-state index contributed by atoms with van der Waals surface area (Å²) in [7, 11) is -0.895. The van der Waals surface area contributed by atoms with E-state index in [0.717, 1.165) is 0 Å². The highest BCUT2D eigenvalue weighted by atomic mass is 79.9. The molecule has 114 valence electrons. The van der Waals surface area contributed by atoms with Crippen molar-refractivity contribution in [2.24, 2.45) is 0 Å². The van der Waals surface area contributed by atoms with Crippen molar-refractivity contribution in [1.82, 2.24) is 0 Å². The van der Waals surface area contributed by atoms with Crippen LogP contribution in [-0.4, -0.2) is 14.8 Å². The van der Waals surface area contributed by atoms with E-state index in [4.69, 9.17) is 0 Å². The predicted octanol–water partition coefficient (Wildman–Crippen LogP) is 7.12. The monoisotopic (exact) mass is 362 g/mol. The van der Waals surface area contributed by atoms with Crippen LogP contribution in [0.5, 0.6) is 0 Å². The van der Waals surface area contributed by atoms with E-state index in [9.17, 15) is 0 Å². The molecule has 1 fully saturated rings. The van der Waals surface area contributed by atoms with E-state index in [-0.39, 0.29) is 0 Å². The summed E-state index contributed by atoms with van der Waals surface area (Å²) in [6.07, 6.45) is 10.3.